The Labute approximate surface area is 86.6 Å². The topological polar surface area (TPSA) is 75.1 Å². The lowest BCUT2D eigenvalue weighted by Crippen LogP contribution is -2.01. The van der Waals surface area contributed by atoms with Crippen LogP contribution in [0.1, 0.15) is 5.56 Å². The molecule has 0 aliphatic heterocycles. The van der Waals surface area contributed by atoms with Crippen molar-refractivity contribution in [2.24, 2.45) is 5.11 Å². The van der Waals surface area contributed by atoms with Gasteiger partial charge in [-0.2, -0.15) is 0 Å². The van der Waals surface area contributed by atoms with Crippen LogP contribution in [0.5, 0.6) is 0 Å². The molecule has 0 atom stereocenters. The Bertz CT molecular complexity index is 420. The van der Waals surface area contributed by atoms with Gasteiger partial charge >= 0.3 is 5.97 Å². The van der Waals surface area contributed by atoms with Gasteiger partial charge in [0.05, 0.1) is 7.11 Å². The van der Waals surface area contributed by atoms with Crippen LogP contribution < -0.4 is 0 Å². The van der Waals surface area contributed by atoms with Crippen molar-refractivity contribution in [3.8, 4) is 0 Å². The minimum atomic E-state index is -0.656. The lowest BCUT2D eigenvalue weighted by atomic mass is 10.2. The summed E-state index contributed by atoms with van der Waals surface area (Å²) >= 11 is 0. The van der Waals surface area contributed by atoms with Gasteiger partial charge in [-0.25, -0.2) is 4.79 Å². The van der Waals surface area contributed by atoms with Gasteiger partial charge in [-0.05, 0) is 17.2 Å². The highest BCUT2D eigenvalue weighted by atomic mass is 16.5. The molecule has 0 bridgehead atoms. The van der Waals surface area contributed by atoms with Gasteiger partial charge in [-0.3, -0.25) is 0 Å². The fourth-order valence-corrected chi connectivity index (χ4v) is 0.989. The van der Waals surface area contributed by atoms with Crippen LogP contribution >= 0.6 is 0 Å². The van der Waals surface area contributed by atoms with Gasteiger partial charge < -0.3 is 4.74 Å². The van der Waals surface area contributed by atoms with Crippen molar-refractivity contribution in [2.75, 3.05) is 7.11 Å². The van der Waals surface area contributed by atoms with E-state index in [4.69, 9.17) is 5.53 Å². The van der Waals surface area contributed by atoms with Gasteiger partial charge in [0, 0.05) is 4.91 Å². The molecular formula is C10H9N3O2. The number of hydrogen-bond acceptors (Lipinski definition) is 3. The third-order valence-electron chi connectivity index (χ3n) is 1.65. The summed E-state index contributed by atoms with van der Waals surface area (Å²) in [4.78, 5) is 13.7. The fourth-order valence-electron chi connectivity index (χ4n) is 0.989. The Morgan fingerprint density at radius 2 is 2.13 bits per heavy atom. The van der Waals surface area contributed by atoms with Gasteiger partial charge in [-0.1, -0.05) is 35.4 Å². The lowest BCUT2D eigenvalue weighted by Gasteiger charge is -1.98. The van der Waals surface area contributed by atoms with E-state index >= 15 is 0 Å². The third-order valence-corrected chi connectivity index (χ3v) is 1.65. The zero-order valence-corrected chi connectivity index (χ0v) is 8.12. The van der Waals surface area contributed by atoms with E-state index in [1.165, 1.54) is 13.2 Å². The second-order valence-corrected chi connectivity index (χ2v) is 2.62. The van der Waals surface area contributed by atoms with E-state index in [2.05, 4.69) is 14.8 Å². The first-order chi connectivity index (χ1) is 7.27. The Hall–Kier alpha value is -2.26. The van der Waals surface area contributed by atoms with E-state index in [1.807, 2.05) is 18.2 Å². The SMILES string of the molecule is COC(=O)C(=Cc1ccccc1)N=[N+]=[N-]. The maximum Gasteiger partial charge on any atom is 0.340 e. The van der Waals surface area contributed by atoms with Crippen molar-refractivity contribution in [1.82, 2.24) is 0 Å². The fraction of sp³-hybridized carbons (Fsp3) is 0.100. The van der Waals surface area contributed by atoms with Gasteiger partial charge in [0.25, 0.3) is 0 Å². The molecule has 76 valence electrons. The molecule has 0 aromatic heterocycles. The average Bonchev–Trinajstić information content (AvgIpc) is 2.29. The summed E-state index contributed by atoms with van der Waals surface area (Å²) in [6, 6.07) is 9.06. The van der Waals surface area contributed by atoms with Crippen molar-refractivity contribution >= 4 is 12.0 Å². The van der Waals surface area contributed by atoms with E-state index in [0.29, 0.717) is 0 Å². The van der Waals surface area contributed by atoms with Crippen molar-refractivity contribution in [2.45, 2.75) is 0 Å². The highest BCUT2D eigenvalue weighted by molar-refractivity contribution is 5.93. The van der Waals surface area contributed by atoms with Gasteiger partial charge in [0.15, 0.2) is 0 Å². The van der Waals surface area contributed by atoms with Gasteiger partial charge in [0.2, 0.25) is 0 Å². The third kappa shape index (κ3) is 3.17. The molecule has 5 nitrogen and oxygen atoms in total. The molecule has 0 aliphatic carbocycles. The van der Waals surface area contributed by atoms with Crippen LogP contribution in [0.4, 0.5) is 0 Å². The minimum absolute atomic E-state index is 0.0637. The molecule has 0 radical (unpaired) electrons. The van der Waals surface area contributed by atoms with Crippen LogP contribution in [0.25, 0.3) is 16.5 Å². The number of hydrogen-bond donors (Lipinski definition) is 0. The molecule has 0 saturated carbocycles. The Balaban J connectivity index is 3.04. The van der Waals surface area contributed by atoms with Crippen molar-refractivity contribution in [3.63, 3.8) is 0 Å². The molecule has 0 saturated heterocycles. The highest BCUT2D eigenvalue weighted by Crippen LogP contribution is 2.09. The maximum absolute atomic E-state index is 11.2. The number of carbonyl (C=O) groups is 1. The lowest BCUT2D eigenvalue weighted by molar-refractivity contribution is -0.136. The van der Waals surface area contributed by atoms with Crippen LogP contribution in [0.15, 0.2) is 41.1 Å². The normalized spacial score (nSPS) is 10.3. The molecule has 5 heteroatoms. The van der Waals surface area contributed by atoms with Crippen LogP contribution in [-0.2, 0) is 9.53 Å². The Morgan fingerprint density at radius 1 is 1.47 bits per heavy atom. The quantitative estimate of drug-likeness (QED) is 0.249. The molecule has 0 aliphatic rings. The maximum atomic E-state index is 11.2. The zero-order chi connectivity index (χ0) is 11.1. The van der Waals surface area contributed by atoms with Crippen molar-refractivity contribution < 1.29 is 9.53 Å². The molecule has 1 rings (SSSR count). The number of rotatable bonds is 3. The summed E-state index contributed by atoms with van der Waals surface area (Å²) in [5.41, 5.74) is 8.97. The molecule has 0 N–H and O–H groups in total. The molecule has 1 aromatic rings. The van der Waals surface area contributed by atoms with Crippen LogP contribution in [0.2, 0.25) is 0 Å². The number of carbonyl (C=O) groups excluding carboxylic acids is 1. The number of azide groups is 1. The van der Waals surface area contributed by atoms with Crippen LogP contribution in [0.3, 0.4) is 0 Å². The van der Waals surface area contributed by atoms with E-state index < -0.39 is 5.97 Å². The molecule has 0 heterocycles. The van der Waals surface area contributed by atoms with E-state index in [0.717, 1.165) is 5.56 Å². The monoisotopic (exact) mass is 203 g/mol. The molecule has 1 aromatic carbocycles. The van der Waals surface area contributed by atoms with Crippen molar-refractivity contribution in [3.05, 3.63) is 52.0 Å². The molecule has 0 amide bonds. The summed E-state index contributed by atoms with van der Waals surface area (Å²) < 4.78 is 4.47. The first kappa shape index (κ1) is 10.8. The van der Waals surface area contributed by atoms with Gasteiger partial charge in [-0.15, -0.1) is 0 Å². The number of nitrogens with zero attached hydrogens (tertiary/aromatic N) is 3. The predicted octanol–water partition coefficient (Wildman–Crippen LogP) is 2.51. The average molecular weight is 203 g/mol. The van der Waals surface area contributed by atoms with Crippen LogP contribution in [-0.4, -0.2) is 13.1 Å². The standard InChI is InChI=1S/C10H9N3O2/c1-15-10(14)9(12-13-11)7-8-5-3-2-4-6-8/h2-7H,1H3. The summed E-state index contributed by atoms with van der Waals surface area (Å²) in [5.74, 6) is -0.656. The molecule has 0 fully saturated rings. The molecule has 0 spiro atoms. The molecule has 0 unspecified atom stereocenters. The Kier molecular flexibility index (Phi) is 3.94. The smallest absolute Gasteiger partial charge is 0.340 e. The number of methoxy groups -OCH3 is 1. The summed E-state index contributed by atoms with van der Waals surface area (Å²) in [7, 11) is 1.23. The highest BCUT2D eigenvalue weighted by Gasteiger charge is 2.06. The van der Waals surface area contributed by atoms with E-state index in [9.17, 15) is 4.79 Å². The van der Waals surface area contributed by atoms with Gasteiger partial charge in [0.1, 0.15) is 5.70 Å². The minimum Gasteiger partial charge on any atom is -0.466 e. The zero-order valence-electron chi connectivity index (χ0n) is 8.12. The van der Waals surface area contributed by atoms with E-state index in [1.54, 1.807) is 12.1 Å². The van der Waals surface area contributed by atoms with E-state index in [-0.39, 0.29) is 5.70 Å². The number of benzene rings is 1. The first-order valence-electron chi connectivity index (χ1n) is 4.18. The van der Waals surface area contributed by atoms with Crippen LogP contribution in [0, 0.1) is 0 Å². The second-order valence-electron chi connectivity index (χ2n) is 2.62. The summed E-state index contributed by atoms with van der Waals surface area (Å²) in [5, 5.41) is 3.26. The molecule has 15 heavy (non-hydrogen) atoms. The molecular weight excluding hydrogens is 194 g/mol. The second kappa shape index (κ2) is 5.47. The number of ether oxygens (including phenoxy) is 1. The summed E-state index contributed by atoms with van der Waals surface area (Å²) in [6.07, 6.45) is 1.46. The summed E-state index contributed by atoms with van der Waals surface area (Å²) in [6.45, 7) is 0. The first-order valence-corrected chi connectivity index (χ1v) is 4.18. The number of esters is 1. The predicted molar refractivity (Wildman–Crippen MR) is 55.6 cm³/mol. The Morgan fingerprint density at radius 3 is 2.67 bits per heavy atom. The largest absolute Gasteiger partial charge is 0.466 e. The van der Waals surface area contributed by atoms with Crippen molar-refractivity contribution in [1.29, 1.82) is 0 Å².